The van der Waals surface area contributed by atoms with Crippen molar-refractivity contribution in [1.29, 1.82) is 0 Å². The molecule has 0 aliphatic heterocycles. The molecule has 0 aliphatic carbocycles. The summed E-state index contributed by atoms with van der Waals surface area (Å²) in [5.41, 5.74) is 0. The summed E-state index contributed by atoms with van der Waals surface area (Å²) >= 11 is 0. The number of rotatable bonds is 4. The van der Waals surface area contributed by atoms with Crippen molar-refractivity contribution in [3.8, 4) is 0 Å². The van der Waals surface area contributed by atoms with E-state index in [2.05, 4.69) is 39.8 Å². The van der Waals surface area contributed by atoms with Crippen LogP contribution in [0, 0.1) is 18.8 Å². The van der Waals surface area contributed by atoms with Crippen LogP contribution in [-0.4, -0.2) is 0 Å². The van der Waals surface area contributed by atoms with Crippen molar-refractivity contribution in [1.82, 2.24) is 0 Å². The Kier molecular flexibility index (Phi) is 5.38. The molecular formula is C10H19. The summed E-state index contributed by atoms with van der Waals surface area (Å²) in [6, 6.07) is 0. The average molecular weight is 139 g/mol. The molecule has 1 radical (unpaired) electrons. The Balaban J connectivity index is 3.71. The fourth-order valence-electron chi connectivity index (χ4n) is 1.04. The molecule has 0 rings (SSSR count). The lowest BCUT2D eigenvalue weighted by Gasteiger charge is -2.13. The molecule has 0 N–H and O–H groups in total. The van der Waals surface area contributed by atoms with E-state index in [1.165, 1.54) is 6.42 Å². The van der Waals surface area contributed by atoms with E-state index in [0.717, 1.165) is 6.42 Å². The highest BCUT2D eigenvalue weighted by Gasteiger charge is 2.05. The molecule has 0 fully saturated rings. The van der Waals surface area contributed by atoms with Crippen LogP contribution in [-0.2, 0) is 0 Å². The van der Waals surface area contributed by atoms with E-state index >= 15 is 0 Å². The molecule has 0 heteroatoms. The lowest BCUT2D eigenvalue weighted by Crippen LogP contribution is -2.03. The first-order chi connectivity index (χ1) is 4.72. The summed E-state index contributed by atoms with van der Waals surface area (Å²) in [5, 5.41) is 0. The second-order valence-corrected chi connectivity index (χ2v) is 2.89. The molecule has 0 nitrogen and oxygen atoms in total. The Morgan fingerprint density at radius 2 is 2.00 bits per heavy atom. The van der Waals surface area contributed by atoms with Gasteiger partial charge in [0.15, 0.2) is 0 Å². The highest BCUT2D eigenvalue weighted by atomic mass is 14.1. The van der Waals surface area contributed by atoms with E-state index in [1.807, 2.05) is 0 Å². The minimum absolute atomic E-state index is 0.549. The third-order valence-electron chi connectivity index (χ3n) is 1.82. The summed E-state index contributed by atoms with van der Waals surface area (Å²) in [6.07, 6.45) is 6.87. The van der Waals surface area contributed by atoms with Crippen LogP contribution >= 0.6 is 0 Å². The van der Waals surface area contributed by atoms with Crippen LogP contribution in [0.1, 0.15) is 33.6 Å². The third kappa shape index (κ3) is 3.71. The maximum atomic E-state index is 4.01. The second kappa shape index (κ2) is 5.52. The lowest BCUT2D eigenvalue weighted by molar-refractivity contribution is 0.493. The quantitative estimate of drug-likeness (QED) is 0.523. The van der Waals surface area contributed by atoms with Gasteiger partial charge in [-0.3, -0.25) is 0 Å². The molecule has 0 aromatic rings. The monoisotopic (exact) mass is 139 g/mol. The van der Waals surface area contributed by atoms with Gasteiger partial charge in [0, 0.05) is 0 Å². The van der Waals surface area contributed by atoms with Crippen molar-refractivity contribution in [3.63, 3.8) is 0 Å². The largest absolute Gasteiger partial charge is 0.0885 e. The van der Waals surface area contributed by atoms with E-state index in [1.54, 1.807) is 0 Å². The van der Waals surface area contributed by atoms with Gasteiger partial charge in [-0.1, -0.05) is 32.9 Å². The summed E-state index contributed by atoms with van der Waals surface area (Å²) in [7, 11) is 0. The predicted octanol–water partition coefficient (Wildman–Crippen LogP) is 3.45. The van der Waals surface area contributed by atoms with E-state index in [9.17, 15) is 0 Å². The van der Waals surface area contributed by atoms with Gasteiger partial charge in [0.1, 0.15) is 0 Å². The van der Waals surface area contributed by atoms with Gasteiger partial charge >= 0.3 is 0 Å². The zero-order chi connectivity index (χ0) is 7.98. The minimum Gasteiger partial charge on any atom is -0.0885 e. The molecule has 0 spiro atoms. The maximum absolute atomic E-state index is 4.01. The van der Waals surface area contributed by atoms with Crippen molar-refractivity contribution in [2.75, 3.05) is 0 Å². The zero-order valence-corrected chi connectivity index (χ0v) is 7.43. The Morgan fingerprint density at radius 3 is 2.30 bits per heavy atom. The Morgan fingerprint density at radius 1 is 1.40 bits per heavy atom. The summed E-state index contributed by atoms with van der Waals surface area (Å²) in [6.45, 7) is 10.6. The molecule has 0 saturated heterocycles. The van der Waals surface area contributed by atoms with Crippen LogP contribution in [0.3, 0.4) is 0 Å². The first-order valence-electron chi connectivity index (χ1n) is 4.22. The standard InChI is InChI=1S/C10H19/c1-5-7-8-10(6-2)9(3)4/h7-10H,3,5-6H2,1-2,4H3. The number of hydrogen-bond donors (Lipinski definition) is 0. The molecule has 0 aliphatic rings. The molecule has 0 aromatic heterocycles. The molecule has 2 atom stereocenters. The summed E-state index contributed by atoms with van der Waals surface area (Å²) < 4.78 is 0. The third-order valence-corrected chi connectivity index (χ3v) is 1.82. The van der Waals surface area contributed by atoms with Crippen LogP contribution in [0.15, 0.2) is 12.2 Å². The van der Waals surface area contributed by atoms with Gasteiger partial charge < -0.3 is 0 Å². The molecule has 2 unspecified atom stereocenters. The predicted molar refractivity (Wildman–Crippen MR) is 47.7 cm³/mol. The van der Waals surface area contributed by atoms with E-state index in [0.29, 0.717) is 11.8 Å². The van der Waals surface area contributed by atoms with Crippen molar-refractivity contribution < 1.29 is 0 Å². The van der Waals surface area contributed by atoms with E-state index in [-0.39, 0.29) is 0 Å². The van der Waals surface area contributed by atoms with Crippen molar-refractivity contribution in [2.24, 2.45) is 11.8 Å². The minimum atomic E-state index is 0.549. The molecule has 59 valence electrons. The Labute approximate surface area is 65.3 Å². The van der Waals surface area contributed by atoms with Gasteiger partial charge in [0.05, 0.1) is 0 Å². The average Bonchev–Trinajstić information content (AvgIpc) is 1.89. The molecular weight excluding hydrogens is 120 g/mol. The topological polar surface area (TPSA) is 0 Å². The highest BCUT2D eigenvalue weighted by Crippen LogP contribution is 2.15. The fraction of sp³-hybridized carbons (Fsp3) is 0.700. The van der Waals surface area contributed by atoms with E-state index < -0.39 is 0 Å². The van der Waals surface area contributed by atoms with Gasteiger partial charge in [0.25, 0.3) is 0 Å². The summed E-state index contributed by atoms with van der Waals surface area (Å²) in [5.74, 6) is 1.23. The normalized spacial score (nSPS) is 14.9. The Hall–Kier alpha value is -0.260. The van der Waals surface area contributed by atoms with Gasteiger partial charge in [-0.2, -0.15) is 0 Å². The fourth-order valence-corrected chi connectivity index (χ4v) is 1.04. The maximum Gasteiger partial charge on any atom is -0.0210 e. The second-order valence-electron chi connectivity index (χ2n) is 2.89. The molecule has 0 heterocycles. The van der Waals surface area contributed by atoms with Gasteiger partial charge in [-0.25, -0.2) is 0 Å². The Bertz CT molecular complexity index is 90.2. The molecule has 10 heavy (non-hydrogen) atoms. The summed E-state index contributed by atoms with van der Waals surface area (Å²) in [4.78, 5) is 0. The van der Waals surface area contributed by atoms with Crippen LogP contribution in [0.2, 0.25) is 0 Å². The van der Waals surface area contributed by atoms with Crippen LogP contribution in [0.25, 0.3) is 0 Å². The van der Waals surface area contributed by atoms with Gasteiger partial charge in [-0.15, -0.1) is 0 Å². The van der Waals surface area contributed by atoms with Crippen LogP contribution in [0.5, 0.6) is 0 Å². The smallest absolute Gasteiger partial charge is 0.0210 e. The van der Waals surface area contributed by atoms with Crippen molar-refractivity contribution in [2.45, 2.75) is 33.6 Å². The highest BCUT2D eigenvalue weighted by molar-refractivity contribution is 4.89. The number of hydrogen-bond acceptors (Lipinski definition) is 0. The SMILES string of the molecule is [CH2]C(C)C(C=CCC)CC. The molecule has 0 amide bonds. The van der Waals surface area contributed by atoms with E-state index in [4.69, 9.17) is 0 Å². The van der Waals surface area contributed by atoms with Gasteiger partial charge in [-0.05, 0) is 31.6 Å². The molecule has 0 saturated carbocycles. The van der Waals surface area contributed by atoms with Crippen LogP contribution < -0.4 is 0 Å². The molecule has 0 bridgehead atoms. The van der Waals surface area contributed by atoms with Crippen molar-refractivity contribution >= 4 is 0 Å². The zero-order valence-electron chi connectivity index (χ0n) is 7.43. The van der Waals surface area contributed by atoms with Crippen LogP contribution in [0.4, 0.5) is 0 Å². The first kappa shape index (κ1) is 9.74. The first-order valence-corrected chi connectivity index (χ1v) is 4.22. The van der Waals surface area contributed by atoms with Crippen molar-refractivity contribution in [3.05, 3.63) is 19.1 Å². The lowest BCUT2D eigenvalue weighted by atomic mass is 9.93. The van der Waals surface area contributed by atoms with Gasteiger partial charge in [0.2, 0.25) is 0 Å². The number of allylic oxidation sites excluding steroid dienone is 2. The molecule has 0 aromatic carbocycles.